The van der Waals surface area contributed by atoms with E-state index in [4.69, 9.17) is 15.8 Å². The lowest BCUT2D eigenvalue weighted by Gasteiger charge is -2.13. The standard InChI is InChI=1S/C9H12N2OS/c1-6(11)8(4-12)9(13-5-10)7-2-3-7/h4,7,9,11-12H,2-3H2,1H3/b8-4+,11-6?. The normalized spacial score (nSPS) is 19.2. The van der Waals surface area contributed by atoms with Gasteiger partial charge in [-0.3, -0.25) is 0 Å². The van der Waals surface area contributed by atoms with Crippen LogP contribution >= 0.6 is 11.8 Å². The minimum absolute atomic E-state index is 0.00694. The highest BCUT2D eigenvalue weighted by Gasteiger charge is 2.35. The van der Waals surface area contributed by atoms with Crippen LogP contribution in [0.3, 0.4) is 0 Å². The fraction of sp³-hybridized carbons (Fsp3) is 0.556. The molecule has 4 heteroatoms. The smallest absolute Gasteiger partial charge is 0.133 e. The van der Waals surface area contributed by atoms with Crippen molar-refractivity contribution >= 4 is 17.5 Å². The molecule has 3 nitrogen and oxygen atoms in total. The summed E-state index contributed by atoms with van der Waals surface area (Å²) in [7, 11) is 0. The Kier molecular flexibility index (Phi) is 3.38. The predicted octanol–water partition coefficient (Wildman–Crippen LogP) is 2.46. The molecule has 0 aromatic carbocycles. The predicted molar refractivity (Wildman–Crippen MR) is 53.8 cm³/mol. The molecule has 1 atom stereocenters. The molecule has 0 heterocycles. The lowest BCUT2D eigenvalue weighted by molar-refractivity contribution is 0.467. The van der Waals surface area contributed by atoms with Gasteiger partial charge in [-0.15, -0.1) is 0 Å². The van der Waals surface area contributed by atoms with Gasteiger partial charge in [0, 0.05) is 11.3 Å². The molecule has 0 amide bonds. The summed E-state index contributed by atoms with van der Waals surface area (Å²) in [4.78, 5) is 0. The maximum atomic E-state index is 8.94. The van der Waals surface area contributed by atoms with Crippen LogP contribution in [-0.2, 0) is 0 Å². The van der Waals surface area contributed by atoms with Gasteiger partial charge in [-0.25, -0.2) is 0 Å². The number of aliphatic hydroxyl groups excluding tert-OH is 1. The monoisotopic (exact) mass is 196 g/mol. The van der Waals surface area contributed by atoms with Crippen LogP contribution in [0.15, 0.2) is 11.8 Å². The Morgan fingerprint density at radius 2 is 2.38 bits per heavy atom. The second-order valence-corrected chi connectivity index (χ2v) is 4.10. The first-order valence-corrected chi connectivity index (χ1v) is 5.03. The molecular weight excluding hydrogens is 184 g/mol. The van der Waals surface area contributed by atoms with Crippen molar-refractivity contribution in [2.24, 2.45) is 5.92 Å². The van der Waals surface area contributed by atoms with Crippen molar-refractivity contribution in [3.05, 3.63) is 11.8 Å². The average Bonchev–Trinajstić information content (AvgIpc) is 2.86. The Balaban J connectivity index is 2.73. The van der Waals surface area contributed by atoms with Crippen molar-refractivity contribution in [1.82, 2.24) is 0 Å². The number of nitrogens with one attached hydrogen (secondary N) is 1. The van der Waals surface area contributed by atoms with Gasteiger partial charge in [0.15, 0.2) is 0 Å². The van der Waals surface area contributed by atoms with Crippen LogP contribution in [-0.4, -0.2) is 16.1 Å². The summed E-state index contributed by atoms with van der Waals surface area (Å²) < 4.78 is 0. The third kappa shape index (κ3) is 2.49. The molecule has 0 saturated heterocycles. The molecule has 0 bridgehead atoms. The molecule has 1 unspecified atom stereocenters. The van der Waals surface area contributed by atoms with E-state index in [1.807, 2.05) is 5.40 Å². The Hall–Kier alpha value is -0.950. The number of thiocyanates is 1. The first-order valence-electron chi connectivity index (χ1n) is 4.15. The molecule has 13 heavy (non-hydrogen) atoms. The van der Waals surface area contributed by atoms with Crippen LogP contribution < -0.4 is 0 Å². The van der Waals surface area contributed by atoms with Gasteiger partial charge in [-0.05, 0) is 37.4 Å². The summed E-state index contributed by atoms with van der Waals surface area (Å²) in [6, 6.07) is 0. The molecule has 70 valence electrons. The quantitative estimate of drug-likeness (QED) is 0.412. The Morgan fingerprint density at radius 1 is 1.77 bits per heavy atom. The molecule has 0 spiro atoms. The van der Waals surface area contributed by atoms with Crippen molar-refractivity contribution in [2.45, 2.75) is 25.0 Å². The number of hydrogen-bond acceptors (Lipinski definition) is 4. The zero-order valence-electron chi connectivity index (χ0n) is 7.45. The Labute approximate surface area is 82.0 Å². The van der Waals surface area contributed by atoms with Gasteiger partial charge in [0.2, 0.25) is 0 Å². The van der Waals surface area contributed by atoms with E-state index in [1.165, 1.54) is 0 Å². The minimum Gasteiger partial charge on any atom is -0.515 e. The molecule has 0 aromatic heterocycles. The summed E-state index contributed by atoms with van der Waals surface area (Å²) in [6.07, 6.45) is 3.17. The zero-order chi connectivity index (χ0) is 9.84. The van der Waals surface area contributed by atoms with Gasteiger partial charge in [0.1, 0.15) is 5.40 Å². The van der Waals surface area contributed by atoms with Gasteiger partial charge in [-0.2, -0.15) is 5.26 Å². The summed E-state index contributed by atoms with van der Waals surface area (Å²) in [6.45, 7) is 1.63. The highest BCUT2D eigenvalue weighted by Crippen LogP contribution is 2.42. The fourth-order valence-electron chi connectivity index (χ4n) is 1.25. The lowest BCUT2D eigenvalue weighted by atomic mass is 10.1. The van der Waals surface area contributed by atoms with Crippen molar-refractivity contribution in [3.8, 4) is 5.40 Å². The van der Waals surface area contributed by atoms with Gasteiger partial charge < -0.3 is 10.5 Å². The largest absolute Gasteiger partial charge is 0.515 e. The third-order valence-electron chi connectivity index (χ3n) is 2.11. The van der Waals surface area contributed by atoms with Crippen LogP contribution in [0.5, 0.6) is 0 Å². The van der Waals surface area contributed by atoms with Gasteiger partial charge in [0.25, 0.3) is 0 Å². The summed E-state index contributed by atoms with van der Waals surface area (Å²) >= 11 is 1.14. The SMILES string of the molecule is CC(=N)/C(=C\O)C(SC#N)C1CC1. The number of thioether (sulfide) groups is 1. The van der Waals surface area contributed by atoms with Gasteiger partial charge in [0.05, 0.1) is 11.5 Å². The van der Waals surface area contributed by atoms with E-state index in [-0.39, 0.29) is 5.25 Å². The van der Waals surface area contributed by atoms with Crippen molar-refractivity contribution in [2.75, 3.05) is 0 Å². The van der Waals surface area contributed by atoms with E-state index >= 15 is 0 Å². The van der Waals surface area contributed by atoms with E-state index in [0.29, 0.717) is 17.2 Å². The number of nitrogens with zero attached hydrogens (tertiary/aromatic N) is 1. The van der Waals surface area contributed by atoms with Crippen LogP contribution in [0.2, 0.25) is 0 Å². The van der Waals surface area contributed by atoms with E-state index in [9.17, 15) is 0 Å². The van der Waals surface area contributed by atoms with Crippen LogP contribution in [0.4, 0.5) is 0 Å². The summed E-state index contributed by atoms with van der Waals surface area (Å²) in [5.41, 5.74) is 0.941. The summed E-state index contributed by atoms with van der Waals surface area (Å²) in [5, 5.41) is 27.0. The second kappa shape index (κ2) is 4.33. The minimum atomic E-state index is -0.00694. The van der Waals surface area contributed by atoms with E-state index in [1.54, 1.807) is 6.92 Å². The highest BCUT2D eigenvalue weighted by atomic mass is 32.2. The zero-order valence-corrected chi connectivity index (χ0v) is 8.27. The van der Waals surface area contributed by atoms with Gasteiger partial charge in [-0.1, -0.05) is 0 Å². The van der Waals surface area contributed by atoms with E-state index < -0.39 is 0 Å². The lowest BCUT2D eigenvalue weighted by Crippen LogP contribution is -2.14. The summed E-state index contributed by atoms with van der Waals surface area (Å²) in [5.74, 6) is 0.475. The molecule has 1 fully saturated rings. The fourth-order valence-corrected chi connectivity index (χ4v) is 2.20. The molecule has 2 N–H and O–H groups in total. The van der Waals surface area contributed by atoms with Crippen LogP contribution in [0.1, 0.15) is 19.8 Å². The number of nitriles is 1. The highest BCUT2D eigenvalue weighted by molar-refractivity contribution is 8.04. The van der Waals surface area contributed by atoms with Crippen molar-refractivity contribution in [3.63, 3.8) is 0 Å². The first kappa shape index (κ1) is 10.1. The number of aliphatic hydroxyl groups is 1. The molecule has 1 saturated carbocycles. The molecular formula is C9H12N2OS. The Bertz CT molecular complexity index is 276. The molecule has 0 aliphatic heterocycles. The van der Waals surface area contributed by atoms with Gasteiger partial charge >= 0.3 is 0 Å². The topological polar surface area (TPSA) is 67.9 Å². The molecule has 0 radical (unpaired) electrons. The van der Waals surface area contributed by atoms with Crippen molar-refractivity contribution in [1.29, 1.82) is 10.7 Å². The maximum absolute atomic E-state index is 8.94. The Morgan fingerprint density at radius 3 is 2.69 bits per heavy atom. The van der Waals surface area contributed by atoms with Crippen LogP contribution in [0.25, 0.3) is 0 Å². The first-order chi connectivity index (χ1) is 6.20. The average molecular weight is 196 g/mol. The number of rotatable bonds is 4. The van der Waals surface area contributed by atoms with Crippen LogP contribution in [0, 0.1) is 22.0 Å². The van der Waals surface area contributed by atoms with E-state index in [0.717, 1.165) is 30.9 Å². The second-order valence-electron chi connectivity index (χ2n) is 3.18. The van der Waals surface area contributed by atoms with E-state index in [2.05, 4.69) is 0 Å². The van der Waals surface area contributed by atoms with Crippen molar-refractivity contribution < 1.29 is 5.11 Å². The molecule has 1 aliphatic rings. The number of hydrogen-bond donors (Lipinski definition) is 2. The maximum Gasteiger partial charge on any atom is 0.133 e. The molecule has 0 aromatic rings. The third-order valence-corrected chi connectivity index (χ3v) is 3.11. The molecule has 1 aliphatic carbocycles. The molecule has 1 rings (SSSR count).